The summed E-state index contributed by atoms with van der Waals surface area (Å²) >= 11 is 0. The van der Waals surface area contributed by atoms with Gasteiger partial charge in [0.2, 0.25) is 0 Å². The molecule has 0 bridgehead atoms. The normalized spacial score (nSPS) is 17.0. The van der Waals surface area contributed by atoms with Gasteiger partial charge >= 0.3 is 0 Å². The van der Waals surface area contributed by atoms with Gasteiger partial charge in [0.05, 0.1) is 5.92 Å². The van der Waals surface area contributed by atoms with Crippen LogP contribution in [0.25, 0.3) is 5.57 Å². The summed E-state index contributed by atoms with van der Waals surface area (Å²) in [6, 6.07) is 7.88. The minimum atomic E-state index is -0.212. The van der Waals surface area contributed by atoms with E-state index in [1.165, 1.54) is 0 Å². The highest BCUT2D eigenvalue weighted by Gasteiger charge is 2.35. The fraction of sp³-hybridized carbons (Fsp3) is 0.474. The lowest BCUT2D eigenvalue weighted by molar-refractivity contribution is -0.117. The highest BCUT2D eigenvalue weighted by molar-refractivity contribution is 6.24. The predicted molar refractivity (Wildman–Crippen MR) is 86.2 cm³/mol. The van der Waals surface area contributed by atoms with Gasteiger partial charge in [-0.25, -0.2) is 0 Å². The molecule has 0 aliphatic heterocycles. The molecule has 112 valence electrons. The highest BCUT2D eigenvalue weighted by Crippen LogP contribution is 2.44. The molecule has 1 aromatic carbocycles. The second-order valence-corrected chi connectivity index (χ2v) is 5.76. The number of benzene rings is 1. The van der Waals surface area contributed by atoms with Crippen molar-refractivity contribution in [2.45, 2.75) is 58.8 Å². The molecule has 0 spiro atoms. The van der Waals surface area contributed by atoms with Crippen molar-refractivity contribution in [1.29, 1.82) is 0 Å². The van der Waals surface area contributed by atoms with Gasteiger partial charge in [-0.3, -0.25) is 9.59 Å². The van der Waals surface area contributed by atoms with Gasteiger partial charge in [0.1, 0.15) is 5.78 Å². The molecule has 0 fully saturated rings. The third-order valence-corrected chi connectivity index (χ3v) is 4.28. The predicted octanol–water partition coefficient (Wildman–Crippen LogP) is 4.69. The molecule has 0 saturated heterocycles. The molecule has 0 N–H and O–H groups in total. The first-order valence-corrected chi connectivity index (χ1v) is 7.97. The van der Waals surface area contributed by atoms with Crippen molar-refractivity contribution in [1.82, 2.24) is 0 Å². The first-order chi connectivity index (χ1) is 10.1. The van der Waals surface area contributed by atoms with Crippen molar-refractivity contribution in [3.05, 3.63) is 41.0 Å². The van der Waals surface area contributed by atoms with E-state index in [0.29, 0.717) is 6.42 Å². The van der Waals surface area contributed by atoms with E-state index in [-0.39, 0.29) is 17.5 Å². The first-order valence-electron chi connectivity index (χ1n) is 7.97. The van der Waals surface area contributed by atoms with E-state index in [2.05, 4.69) is 6.92 Å². The zero-order valence-corrected chi connectivity index (χ0v) is 13.2. The molecule has 0 saturated carbocycles. The summed E-state index contributed by atoms with van der Waals surface area (Å²) in [7, 11) is 0. The van der Waals surface area contributed by atoms with Crippen LogP contribution in [0.4, 0.5) is 0 Å². The SMILES string of the molecule is CCCCCC(=O)C1=C(CC)C(C(C)=O)c2ccccc21. The fourth-order valence-corrected chi connectivity index (χ4v) is 3.32. The van der Waals surface area contributed by atoms with Crippen LogP contribution >= 0.6 is 0 Å². The second kappa shape index (κ2) is 6.84. The summed E-state index contributed by atoms with van der Waals surface area (Å²) in [5, 5.41) is 0. The molecule has 0 amide bonds. The number of carbonyl (C=O) groups excluding carboxylic acids is 2. The summed E-state index contributed by atoms with van der Waals surface area (Å²) in [5.74, 6) is 0.128. The Hall–Kier alpha value is -1.70. The third-order valence-electron chi connectivity index (χ3n) is 4.28. The third kappa shape index (κ3) is 2.99. The Balaban J connectivity index is 2.42. The summed E-state index contributed by atoms with van der Waals surface area (Å²) in [6.45, 7) is 5.80. The maximum atomic E-state index is 12.7. The number of Topliss-reactive ketones (excluding diaryl/α,β-unsaturated/α-hetero) is 2. The topological polar surface area (TPSA) is 34.1 Å². The molecule has 21 heavy (non-hydrogen) atoms. The van der Waals surface area contributed by atoms with Gasteiger partial charge in [-0.2, -0.15) is 0 Å². The number of carbonyl (C=O) groups is 2. The van der Waals surface area contributed by atoms with E-state index in [1.807, 2.05) is 31.2 Å². The zero-order chi connectivity index (χ0) is 15.4. The van der Waals surface area contributed by atoms with Crippen molar-refractivity contribution in [3.63, 3.8) is 0 Å². The standard InChI is InChI=1S/C19H24O2/c1-4-6-7-12-17(21)19-14(5-2)18(13(3)20)15-10-8-9-11-16(15)19/h8-11,18H,4-7,12H2,1-3H3. The van der Waals surface area contributed by atoms with Crippen LogP contribution in [0.3, 0.4) is 0 Å². The van der Waals surface area contributed by atoms with E-state index < -0.39 is 0 Å². The highest BCUT2D eigenvalue weighted by atomic mass is 16.1. The van der Waals surface area contributed by atoms with Crippen LogP contribution in [0.2, 0.25) is 0 Å². The van der Waals surface area contributed by atoms with E-state index in [0.717, 1.165) is 48.0 Å². The number of ketones is 2. The van der Waals surface area contributed by atoms with Gasteiger partial charge in [0, 0.05) is 12.0 Å². The van der Waals surface area contributed by atoms with E-state index >= 15 is 0 Å². The van der Waals surface area contributed by atoms with Crippen LogP contribution in [-0.2, 0) is 9.59 Å². The van der Waals surface area contributed by atoms with Crippen LogP contribution in [0, 0.1) is 0 Å². The van der Waals surface area contributed by atoms with Crippen LogP contribution in [0.15, 0.2) is 29.8 Å². The molecule has 0 heterocycles. The monoisotopic (exact) mass is 284 g/mol. The van der Waals surface area contributed by atoms with Crippen molar-refractivity contribution >= 4 is 17.1 Å². The second-order valence-electron chi connectivity index (χ2n) is 5.76. The Morgan fingerprint density at radius 2 is 1.81 bits per heavy atom. The molecule has 2 nitrogen and oxygen atoms in total. The number of allylic oxidation sites excluding steroid dienone is 2. The summed E-state index contributed by atoms with van der Waals surface area (Å²) in [5.41, 5.74) is 3.84. The Bertz CT molecular complexity index is 581. The summed E-state index contributed by atoms with van der Waals surface area (Å²) in [4.78, 5) is 24.7. The molecule has 1 aliphatic rings. The summed E-state index contributed by atoms with van der Waals surface area (Å²) in [6.07, 6.45) is 4.47. The van der Waals surface area contributed by atoms with Gasteiger partial charge in [0.15, 0.2) is 5.78 Å². The molecule has 2 rings (SSSR count). The molecular formula is C19H24O2. The lowest BCUT2D eigenvalue weighted by Gasteiger charge is -2.12. The summed E-state index contributed by atoms with van der Waals surface area (Å²) < 4.78 is 0. The minimum Gasteiger partial charge on any atom is -0.299 e. The van der Waals surface area contributed by atoms with Crippen LogP contribution in [-0.4, -0.2) is 11.6 Å². The molecule has 1 aliphatic carbocycles. The molecule has 1 unspecified atom stereocenters. The fourth-order valence-electron chi connectivity index (χ4n) is 3.32. The van der Waals surface area contributed by atoms with Crippen molar-refractivity contribution in [3.8, 4) is 0 Å². The van der Waals surface area contributed by atoms with Gasteiger partial charge in [-0.15, -0.1) is 0 Å². The quantitative estimate of drug-likeness (QED) is 0.681. The number of rotatable bonds is 7. The molecule has 0 radical (unpaired) electrons. The van der Waals surface area contributed by atoms with Crippen LogP contribution in [0.1, 0.15) is 69.9 Å². The number of hydrogen-bond donors (Lipinski definition) is 0. The Kier molecular flexibility index (Phi) is 5.11. The molecule has 2 heteroatoms. The average molecular weight is 284 g/mol. The van der Waals surface area contributed by atoms with Gasteiger partial charge in [-0.05, 0) is 36.5 Å². The van der Waals surface area contributed by atoms with Gasteiger partial charge < -0.3 is 0 Å². The van der Waals surface area contributed by atoms with Gasteiger partial charge in [-0.1, -0.05) is 51.0 Å². The Morgan fingerprint density at radius 1 is 1.10 bits per heavy atom. The smallest absolute Gasteiger partial charge is 0.163 e. The maximum Gasteiger partial charge on any atom is 0.163 e. The van der Waals surface area contributed by atoms with Crippen molar-refractivity contribution < 1.29 is 9.59 Å². The number of unbranched alkanes of at least 4 members (excludes halogenated alkanes) is 2. The Labute approximate surface area is 127 Å². The largest absolute Gasteiger partial charge is 0.299 e. The van der Waals surface area contributed by atoms with E-state index in [9.17, 15) is 9.59 Å². The number of fused-ring (bicyclic) bond motifs is 1. The molecule has 1 atom stereocenters. The lowest BCUT2D eigenvalue weighted by atomic mass is 9.90. The zero-order valence-electron chi connectivity index (χ0n) is 13.2. The van der Waals surface area contributed by atoms with Crippen molar-refractivity contribution in [2.75, 3.05) is 0 Å². The maximum absolute atomic E-state index is 12.7. The van der Waals surface area contributed by atoms with Gasteiger partial charge in [0.25, 0.3) is 0 Å². The Morgan fingerprint density at radius 3 is 2.43 bits per heavy atom. The van der Waals surface area contributed by atoms with Crippen LogP contribution < -0.4 is 0 Å². The van der Waals surface area contributed by atoms with E-state index in [4.69, 9.17) is 0 Å². The molecule has 1 aromatic rings. The average Bonchev–Trinajstić information content (AvgIpc) is 2.81. The molecule has 0 aromatic heterocycles. The minimum absolute atomic E-state index is 0.135. The lowest BCUT2D eigenvalue weighted by Crippen LogP contribution is -2.09. The van der Waals surface area contributed by atoms with E-state index in [1.54, 1.807) is 6.92 Å². The number of hydrogen-bond acceptors (Lipinski definition) is 2. The first kappa shape index (κ1) is 15.7. The molecular weight excluding hydrogens is 260 g/mol. The van der Waals surface area contributed by atoms with Crippen LogP contribution in [0.5, 0.6) is 0 Å². The van der Waals surface area contributed by atoms with Crippen molar-refractivity contribution in [2.24, 2.45) is 0 Å².